The zero-order chi connectivity index (χ0) is 23.3. The summed E-state index contributed by atoms with van der Waals surface area (Å²) < 4.78 is 42.8. The summed E-state index contributed by atoms with van der Waals surface area (Å²) in [7, 11) is -3.59. The Kier molecular flexibility index (Phi) is 7.14. The number of nitrogens with one attached hydrogen (secondary N) is 1. The van der Waals surface area contributed by atoms with E-state index in [1.165, 1.54) is 28.6 Å². The van der Waals surface area contributed by atoms with Crippen LogP contribution in [0, 0.1) is 0 Å². The van der Waals surface area contributed by atoms with Gasteiger partial charge in [0.1, 0.15) is 0 Å². The monoisotopic (exact) mass is 474 g/mol. The normalized spacial score (nSPS) is 16.1. The maximum absolute atomic E-state index is 12.8. The number of esters is 1. The Balaban J connectivity index is 1.27. The lowest BCUT2D eigenvalue weighted by atomic mass is 10.2. The van der Waals surface area contributed by atoms with Gasteiger partial charge in [-0.15, -0.1) is 0 Å². The molecule has 4 rings (SSSR count). The second-order valence-corrected chi connectivity index (χ2v) is 9.82. The van der Waals surface area contributed by atoms with Crippen LogP contribution in [0.1, 0.15) is 41.6 Å². The molecule has 1 saturated heterocycles. The first-order valence-corrected chi connectivity index (χ1v) is 12.3. The van der Waals surface area contributed by atoms with Gasteiger partial charge in [-0.1, -0.05) is 18.9 Å². The molecule has 2 aromatic carbocycles. The quantitative estimate of drug-likeness (QED) is 0.614. The van der Waals surface area contributed by atoms with Crippen molar-refractivity contribution in [2.24, 2.45) is 0 Å². The molecule has 2 aromatic rings. The molecule has 0 aromatic heterocycles. The van der Waals surface area contributed by atoms with E-state index in [1.54, 1.807) is 18.2 Å². The van der Waals surface area contributed by atoms with Crippen LogP contribution >= 0.6 is 0 Å². The van der Waals surface area contributed by atoms with Crippen LogP contribution in [-0.2, 0) is 26.1 Å². The van der Waals surface area contributed by atoms with Crippen LogP contribution in [0.25, 0.3) is 0 Å². The third-order valence-corrected chi connectivity index (χ3v) is 7.47. The number of ether oxygens (including phenoxy) is 3. The number of carbonyl (C=O) groups excluding carboxylic acids is 2. The van der Waals surface area contributed by atoms with E-state index in [4.69, 9.17) is 14.2 Å². The molecular weight excluding hydrogens is 448 g/mol. The summed E-state index contributed by atoms with van der Waals surface area (Å²) >= 11 is 0. The van der Waals surface area contributed by atoms with Crippen LogP contribution < -0.4 is 14.8 Å². The summed E-state index contributed by atoms with van der Waals surface area (Å²) in [5.74, 6) is 0.118. The van der Waals surface area contributed by atoms with E-state index in [1.807, 2.05) is 0 Å². The van der Waals surface area contributed by atoms with Gasteiger partial charge >= 0.3 is 5.97 Å². The van der Waals surface area contributed by atoms with E-state index in [2.05, 4.69) is 5.32 Å². The second-order valence-electron chi connectivity index (χ2n) is 7.88. The summed E-state index contributed by atoms with van der Waals surface area (Å²) in [6.45, 7) is 0.987. The maximum Gasteiger partial charge on any atom is 0.338 e. The van der Waals surface area contributed by atoms with Gasteiger partial charge in [0.25, 0.3) is 5.91 Å². The summed E-state index contributed by atoms with van der Waals surface area (Å²) in [5, 5.41) is 2.67. The molecule has 2 aliphatic heterocycles. The van der Waals surface area contributed by atoms with Crippen LogP contribution in [0.3, 0.4) is 0 Å². The van der Waals surface area contributed by atoms with Gasteiger partial charge in [0.2, 0.25) is 16.8 Å². The lowest BCUT2D eigenvalue weighted by molar-refractivity contribution is -0.124. The number of hydrogen-bond donors (Lipinski definition) is 1. The first kappa shape index (κ1) is 23.1. The van der Waals surface area contributed by atoms with Crippen molar-refractivity contribution in [2.45, 2.75) is 37.1 Å². The molecule has 0 radical (unpaired) electrons. The molecule has 1 amide bonds. The van der Waals surface area contributed by atoms with Crippen LogP contribution in [0.4, 0.5) is 0 Å². The molecule has 10 heteroatoms. The molecular formula is C23H26N2O7S. The van der Waals surface area contributed by atoms with Gasteiger partial charge in [-0.3, -0.25) is 4.79 Å². The minimum atomic E-state index is -3.59. The topological polar surface area (TPSA) is 111 Å². The number of amides is 1. The zero-order valence-corrected chi connectivity index (χ0v) is 18.9. The molecule has 2 heterocycles. The molecule has 1 fully saturated rings. The van der Waals surface area contributed by atoms with Crippen molar-refractivity contribution in [1.82, 2.24) is 9.62 Å². The average molecular weight is 475 g/mol. The first-order valence-electron chi connectivity index (χ1n) is 10.9. The number of benzene rings is 2. The molecule has 176 valence electrons. The largest absolute Gasteiger partial charge is 0.454 e. The standard InChI is InChI=1S/C23H26N2O7S/c26-22(24-14-17-5-10-20-21(13-17)32-16-31-20)15-30-23(27)18-6-8-19(9-7-18)33(28,29)25-11-3-1-2-4-12-25/h5-10,13H,1-4,11-12,14-16H2,(H,24,26). The highest BCUT2D eigenvalue weighted by Gasteiger charge is 2.25. The van der Waals surface area contributed by atoms with Gasteiger partial charge in [-0.2, -0.15) is 4.31 Å². The lowest BCUT2D eigenvalue weighted by Crippen LogP contribution is -2.32. The second kappa shape index (κ2) is 10.2. The highest BCUT2D eigenvalue weighted by atomic mass is 32.2. The molecule has 0 atom stereocenters. The Morgan fingerprint density at radius 1 is 0.939 bits per heavy atom. The summed E-state index contributed by atoms with van der Waals surface area (Å²) in [6, 6.07) is 10.9. The fraction of sp³-hybridized carbons (Fsp3) is 0.391. The molecule has 33 heavy (non-hydrogen) atoms. The van der Waals surface area contributed by atoms with Gasteiger partial charge in [-0.25, -0.2) is 13.2 Å². The summed E-state index contributed by atoms with van der Waals surface area (Å²) in [5.41, 5.74) is 0.994. The van der Waals surface area contributed by atoms with E-state index in [9.17, 15) is 18.0 Å². The minimum absolute atomic E-state index is 0.141. The molecule has 1 N–H and O–H groups in total. The third kappa shape index (κ3) is 5.63. The Hall–Kier alpha value is -3.11. The Bertz CT molecular complexity index is 1110. The number of carbonyl (C=O) groups is 2. The smallest absolute Gasteiger partial charge is 0.338 e. The minimum Gasteiger partial charge on any atom is -0.454 e. The van der Waals surface area contributed by atoms with Crippen LogP contribution in [0.2, 0.25) is 0 Å². The molecule has 0 bridgehead atoms. The lowest BCUT2D eigenvalue weighted by Gasteiger charge is -2.19. The Labute approximate surface area is 192 Å². The fourth-order valence-electron chi connectivity index (χ4n) is 3.71. The molecule has 0 aliphatic carbocycles. The predicted molar refractivity (Wildman–Crippen MR) is 118 cm³/mol. The number of sulfonamides is 1. The van der Waals surface area contributed by atoms with Gasteiger partial charge < -0.3 is 19.5 Å². The summed E-state index contributed by atoms with van der Waals surface area (Å²) in [6.07, 6.45) is 3.75. The number of rotatable bonds is 7. The van der Waals surface area contributed by atoms with Crippen molar-refractivity contribution in [3.05, 3.63) is 53.6 Å². The molecule has 0 unspecified atom stereocenters. The highest BCUT2D eigenvalue weighted by molar-refractivity contribution is 7.89. The Morgan fingerprint density at radius 3 is 2.36 bits per heavy atom. The molecule has 2 aliphatic rings. The van der Waals surface area contributed by atoms with Gasteiger partial charge in [0.05, 0.1) is 10.5 Å². The van der Waals surface area contributed by atoms with Gasteiger partial charge in [-0.05, 0) is 54.8 Å². The predicted octanol–water partition coefficient (Wildman–Crippen LogP) is 2.45. The van der Waals surface area contributed by atoms with E-state index in [-0.39, 0.29) is 23.8 Å². The van der Waals surface area contributed by atoms with Crippen molar-refractivity contribution in [2.75, 3.05) is 26.5 Å². The Morgan fingerprint density at radius 2 is 1.64 bits per heavy atom. The molecule has 9 nitrogen and oxygen atoms in total. The van der Waals surface area contributed by atoms with Crippen LogP contribution in [0.5, 0.6) is 11.5 Å². The fourth-order valence-corrected chi connectivity index (χ4v) is 5.23. The van der Waals surface area contributed by atoms with Crippen molar-refractivity contribution >= 4 is 21.9 Å². The van der Waals surface area contributed by atoms with Crippen molar-refractivity contribution in [3.63, 3.8) is 0 Å². The summed E-state index contributed by atoms with van der Waals surface area (Å²) in [4.78, 5) is 24.5. The van der Waals surface area contributed by atoms with Gasteiger partial charge in [0.15, 0.2) is 18.1 Å². The van der Waals surface area contributed by atoms with E-state index in [0.29, 0.717) is 24.6 Å². The number of nitrogens with zero attached hydrogens (tertiary/aromatic N) is 1. The van der Waals surface area contributed by atoms with Crippen LogP contribution in [-0.4, -0.2) is 51.1 Å². The number of fused-ring (bicyclic) bond motifs is 1. The molecule has 0 saturated carbocycles. The van der Waals surface area contributed by atoms with Gasteiger partial charge in [0, 0.05) is 19.6 Å². The maximum atomic E-state index is 12.8. The zero-order valence-electron chi connectivity index (χ0n) is 18.1. The van der Waals surface area contributed by atoms with Crippen LogP contribution in [0.15, 0.2) is 47.4 Å². The highest BCUT2D eigenvalue weighted by Crippen LogP contribution is 2.32. The average Bonchev–Trinajstić information content (AvgIpc) is 3.11. The molecule has 0 spiro atoms. The van der Waals surface area contributed by atoms with E-state index in [0.717, 1.165) is 31.2 Å². The van der Waals surface area contributed by atoms with E-state index >= 15 is 0 Å². The van der Waals surface area contributed by atoms with Crippen molar-refractivity contribution in [3.8, 4) is 11.5 Å². The van der Waals surface area contributed by atoms with Crippen molar-refractivity contribution in [1.29, 1.82) is 0 Å². The van der Waals surface area contributed by atoms with Crippen molar-refractivity contribution < 1.29 is 32.2 Å². The van der Waals surface area contributed by atoms with E-state index < -0.39 is 28.5 Å². The SMILES string of the molecule is O=C(COC(=O)c1ccc(S(=O)(=O)N2CCCCCC2)cc1)NCc1ccc2c(c1)OCO2. The third-order valence-electron chi connectivity index (χ3n) is 5.55. The number of hydrogen-bond acceptors (Lipinski definition) is 7. The first-order chi connectivity index (χ1) is 15.9.